The number of aryl methyl sites for hydroxylation is 4. The highest BCUT2D eigenvalue weighted by Gasteiger charge is 2.06. The molecule has 0 bridgehead atoms. The van der Waals surface area contributed by atoms with E-state index in [4.69, 9.17) is 10.8 Å². The van der Waals surface area contributed by atoms with Crippen LogP contribution < -0.4 is 10.7 Å². The van der Waals surface area contributed by atoms with E-state index >= 15 is 0 Å². The van der Waals surface area contributed by atoms with Gasteiger partial charge in [-0.05, 0) is 50.5 Å². The lowest BCUT2D eigenvalue weighted by molar-refractivity contribution is 0.559. The van der Waals surface area contributed by atoms with Crippen molar-refractivity contribution in [3.05, 3.63) is 82.8 Å². The number of nitrogens with one attached hydrogen (secondary N) is 2. The number of unbranched alkanes of at least 4 members (excludes halogenated alkanes) is 1. The van der Waals surface area contributed by atoms with Gasteiger partial charge in [0.15, 0.2) is 0 Å². The number of benzene rings is 2. The molecule has 4 aromatic rings. The fraction of sp³-hybridized carbons (Fsp3) is 0.250. The Morgan fingerprint density at radius 1 is 0.786 bits per heavy atom. The Balaban J connectivity index is 1.55. The molecular formula is C24H26N4. The van der Waals surface area contributed by atoms with Gasteiger partial charge in [0.05, 0.1) is 21.7 Å². The number of hydrogen-bond donors (Lipinski definition) is 2. The Kier molecular flexibility index (Phi) is 4.86. The third-order valence-corrected chi connectivity index (χ3v) is 5.52. The minimum Gasteiger partial charge on any atom is -0.347 e. The molecule has 0 unspecified atom stereocenters. The molecule has 0 amide bonds. The molecule has 0 saturated carbocycles. The van der Waals surface area contributed by atoms with Crippen molar-refractivity contribution < 1.29 is 0 Å². The quantitative estimate of drug-likeness (QED) is 0.481. The summed E-state index contributed by atoms with van der Waals surface area (Å²) in [5.74, 6) is 0. The van der Waals surface area contributed by atoms with Crippen LogP contribution in [0.15, 0.2) is 60.8 Å². The smallest absolute Gasteiger partial charge is 0.0676 e. The van der Waals surface area contributed by atoms with Gasteiger partial charge < -0.3 is 14.5 Å². The highest BCUT2D eigenvalue weighted by Crippen LogP contribution is 2.15. The number of hydrogen-bond acceptors (Lipinski definition) is 2. The topological polar surface area (TPSA) is 57.6 Å². The third kappa shape index (κ3) is 3.26. The summed E-state index contributed by atoms with van der Waals surface area (Å²) in [6.07, 6.45) is 4.23. The Bertz CT molecular complexity index is 1280. The molecule has 0 saturated heterocycles. The molecule has 2 N–H and O–H groups in total. The third-order valence-electron chi connectivity index (χ3n) is 5.52. The molecule has 0 aliphatic carbocycles. The van der Waals surface area contributed by atoms with Gasteiger partial charge in [-0.1, -0.05) is 36.4 Å². The van der Waals surface area contributed by atoms with Crippen molar-refractivity contribution in [1.82, 2.24) is 9.13 Å². The summed E-state index contributed by atoms with van der Waals surface area (Å²) < 4.78 is 4.61. The largest absolute Gasteiger partial charge is 0.347 e. The minimum absolute atomic E-state index is 0.595. The second kappa shape index (κ2) is 7.47. The SMILES string of the molecule is Cc1cn(CCCCn2c(C)cc(=N)c3ccccc32)c2ccccc2c1=N. The van der Waals surface area contributed by atoms with Gasteiger partial charge >= 0.3 is 0 Å². The number of rotatable bonds is 5. The van der Waals surface area contributed by atoms with Crippen molar-refractivity contribution in [1.29, 1.82) is 10.8 Å². The predicted molar refractivity (Wildman–Crippen MR) is 114 cm³/mol. The molecule has 0 radical (unpaired) electrons. The van der Waals surface area contributed by atoms with E-state index in [9.17, 15) is 0 Å². The van der Waals surface area contributed by atoms with E-state index in [0.29, 0.717) is 10.7 Å². The molecule has 0 atom stereocenters. The summed E-state index contributed by atoms with van der Waals surface area (Å²) in [7, 11) is 0. The highest BCUT2D eigenvalue weighted by atomic mass is 15.0. The zero-order valence-electron chi connectivity index (χ0n) is 16.5. The van der Waals surface area contributed by atoms with Gasteiger partial charge in [0.25, 0.3) is 0 Å². The van der Waals surface area contributed by atoms with Crippen LogP contribution in [0.4, 0.5) is 0 Å². The fourth-order valence-electron chi connectivity index (χ4n) is 4.04. The number of nitrogens with zero attached hydrogens (tertiary/aromatic N) is 2. The molecular weight excluding hydrogens is 344 g/mol. The van der Waals surface area contributed by atoms with Gasteiger partial charge in [0, 0.05) is 35.8 Å². The van der Waals surface area contributed by atoms with Crippen LogP contribution in [0.25, 0.3) is 21.8 Å². The lowest BCUT2D eigenvalue weighted by Crippen LogP contribution is -2.14. The van der Waals surface area contributed by atoms with Gasteiger partial charge in [-0.25, -0.2) is 0 Å². The van der Waals surface area contributed by atoms with Gasteiger partial charge in [0.1, 0.15) is 0 Å². The molecule has 2 aromatic heterocycles. The van der Waals surface area contributed by atoms with Crippen molar-refractivity contribution >= 4 is 21.8 Å². The van der Waals surface area contributed by atoms with Crippen LogP contribution in [-0.2, 0) is 13.1 Å². The first-order chi connectivity index (χ1) is 13.6. The van der Waals surface area contributed by atoms with Crippen molar-refractivity contribution in [2.45, 2.75) is 39.8 Å². The van der Waals surface area contributed by atoms with Crippen molar-refractivity contribution in [2.75, 3.05) is 0 Å². The molecule has 4 nitrogen and oxygen atoms in total. The molecule has 4 rings (SSSR count). The number of aromatic nitrogens is 2. The van der Waals surface area contributed by atoms with Gasteiger partial charge in [-0.3, -0.25) is 5.41 Å². The van der Waals surface area contributed by atoms with E-state index in [1.807, 2.05) is 49.4 Å². The zero-order chi connectivity index (χ0) is 19.7. The number of pyridine rings is 2. The zero-order valence-corrected chi connectivity index (χ0v) is 16.5. The predicted octanol–water partition coefficient (Wildman–Crippen LogP) is 4.65. The van der Waals surface area contributed by atoms with Crippen LogP contribution in [0.1, 0.15) is 24.1 Å². The van der Waals surface area contributed by atoms with Gasteiger partial charge in [-0.2, -0.15) is 0 Å². The molecule has 4 heteroatoms. The Morgan fingerprint density at radius 3 is 2.21 bits per heavy atom. The lowest BCUT2D eigenvalue weighted by atomic mass is 10.1. The molecule has 28 heavy (non-hydrogen) atoms. The summed E-state index contributed by atoms with van der Waals surface area (Å²) in [6, 6.07) is 18.3. The molecule has 0 aliphatic heterocycles. The Morgan fingerprint density at radius 2 is 1.43 bits per heavy atom. The van der Waals surface area contributed by atoms with E-state index in [-0.39, 0.29) is 0 Å². The fourth-order valence-corrected chi connectivity index (χ4v) is 4.04. The van der Waals surface area contributed by atoms with Crippen LogP contribution in [0.5, 0.6) is 0 Å². The highest BCUT2D eigenvalue weighted by molar-refractivity contribution is 5.79. The van der Waals surface area contributed by atoms with Crippen LogP contribution in [0.2, 0.25) is 0 Å². The molecule has 0 spiro atoms. The summed E-state index contributed by atoms with van der Waals surface area (Å²) in [5.41, 5.74) is 4.42. The summed E-state index contributed by atoms with van der Waals surface area (Å²) in [4.78, 5) is 0. The van der Waals surface area contributed by atoms with Gasteiger partial charge in [0.2, 0.25) is 0 Å². The second-order valence-electron chi connectivity index (χ2n) is 7.47. The average Bonchev–Trinajstić information content (AvgIpc) is 2.71. The number of para-hydroxylation sites is 2. The maximum absolute atomic E-state index is 8.30. The summed E-state index contributed by atoms with van der Waals surface area (Å²) >= 11 is 0. The van der Waals surface area contributed by atoms with E-state index in [0.717, 1.165) is 59.0 Å². The monoisotopic (exact) mass is 370 g/mol. The lowest BCUT2D eigenvalue weighted by Gasteiger charge is -2.16. The molecule has 0 aliphatic rings. The Labute approximate surface area is 164 Å². The van der Waals surface area contributed by atoms with E-state index in [1.54, 1.807) is 0 Å². The van der Waals surface area contributed by atoms with Crippen molar-refractivity contribution in [2.24, 2.45) is 0 Å². The van der Waals surface area contributed by atoms with Crippen molar-refractivity contribution in [3.8, 4) is 0 Å². The molecule has 2 aromatic carbocycles. The van der Waals surface area contributed by atoms with Crippen LogP contribution in [-0.4, -0.2) is 9.13 Å². The maximum Gasteiger partial charge on any atom is 0.0676 e. The second-order valence-corrected chi connectivity index (χ2v) is 7.47. The summed E-state index contributed by atoms with van der Waals surface area (Å²) in [6.45, 7) is 5.98. The molecule has 2 heterocycles. The molecule has 0 fully saturated rings. The minimum atomic E-state index is 0.595. The van der Waals surface area contributed by atoms with E-state index in [2.05, 4.69) is 34.4 Å². The number of fused-ring (bicyclic) bond motifs is 2. The van der Waals surface area contributed by atoms with E-state index < -0.39 is 0 Å². The summed E-state index contributed by atoms with van der Waals surface area (Å²) in [5, 5.41) is 19.8. The standard InChI is InChI=1S/C24H26N4/c1-17-16-27(22-11-5-4-10-20(22)24(17)26)13-7-8-14-28-18(2)15-21(25)19-9-3-6-12-23(19)28/h3-6,9-12,15-16,25-26H,7-8,13-14H2,1-2H3. The molecule has 142 valence electrons. The first-order valence-corrected chi connectivity index (χ1v) is 9.83. The van der Waals surface area contributed by atoms with Gasteiger partial charge in [-0.15, -0.1) is 0 Å². The maximum atomic E-state index is 8.30. The Hall–Kier alpha value is -3.14. The van der Waals surface area contributed by atoms with E-state index in [1.165, 1.54) is 0 Å². The van der Waals surface area contributed by atoms with Crippen molar-refractivity contribution in [3.63, 3.8) is 0 Å². The van der Waals surface area contributed by atoms with Crippen LogP contribution in [0.3, 0.4) is 0 Å². The van der Waals surface area contributed by atoms with Crippen LogP contribution >= 0.6 is 0 Å². The first kappa shape index (κ1) is 18.2. The first-order valence-electron chi connectivity index (χ1n) is 9.83. The average molecular weight is 371 g/mol. The normalized spacial score (nSPS) is 11.4. The van der Waals surface area contributed by atoms with Crippen LogP contribution in [0, 0.1) is 24.7 Å².